The standard InChI is InChI=1S/C24H26N6O3/c1-15(32)25-8-4-5-23-26-11-16-12-27-24-22(30(16)23)10-21(29(24)14-31)19-13-28(2)20-7-6-17(33-3)9-18(19)20/h6-7,9-13,31H,4-5,8,14H2,1-3H3,(H,25,32). The average molecular weight is 447 g/mol. The number of aliphatic hydroxyl groups excluding tert-OH is 1. The van der Waals surface area contributed by atoms with Gasteiger partial charge in [0.1, 0.15) is 18.3 Å². The maximum absolute atomic E-state index is 11.2. The van der Waals surface area contributed by atoms with E-state index in [-0.39, 0.29) is 12.6 Å². The van der Waals surface area contributed by atoms with E-state index in [1.807, 2.05) is 29.8 Å². The van der Waals surface area contributed by atoms with Gasteiger partial charge in [-0.05, 0) is 30.7 Å². The van der Waals surface area contributed by atoms with Gasteiger partial charge < -0.3 is 24.3 Å². The van der Waals surface area contributed by atoms with E-state index in [4.69, 9.17) is 4.74 Å². The lowest BCUT2D eigenvalue weighted by Gasteiger charge is -2.07. The zero-order valence-corrected chi connectivity index (χ0v) is 18.9. The fourth-order valence-corrected chi connectivity index (χ4v) is 4.48. The smallest absolute Gasteiger partial charge is 0.216 e. The number of aryl methyl sites for hydroxylation is 2. The van der Waals surface area contributed by atoms with Crippen LogP contribution in [0, 0.1) is 0 Å². The van der Waals surface area contributed by atoms with Gasteiger partial charge in [0.05, 0.1) is 36.2 Å². The minimum absolute atomic E-state index is 0.0362. The molecule has 2 N–H and O–H groups in total. The summed E-state index contributed by atoms with van der Waals surface area (Å²) in [6.45, 7) is 1.91. The molecule has 0 saturated heterocycles. The molecule has 1 amide bonds. The van der Waals surface area contributed by atoms with Crippen molar-refractivity contribution in [3.8, 4) is 17.0 Å². The Kier molecular flexibility index (Phi) is 5.26. The minimum atomic E-state index is -0.204. The maximum Gasteiger partial charge on any atom is 0.216 e. The Hall–Kier alpha value is -3.85. The van der Waals surface area contributed by atoms with Gasteiger partial charge in [0.2, 0.25) is 5.91 Å². The number of hydrogen-bond acceptors (Lipinski definition) is 5. The predicted molar refractivity (Wildman–Crippen MR) is 126 cm³/mol. The first kappa shape index (κ1) is 21.0. The average Bonchev–Trinajstić information content (AvgIpc) is 3.49. The molecule has 9 nitrogen and oxygen atoms in total. The number of hydrogen-bond donors (Lipinski definition) is 2. The number of benzene rings is 1. The molecule has 0 atom stereocenters. The second-order valence-electron chi connectivity index (χ2n) is 8.12. The first-order chi connectivity index (χ1) is 16.0. The number of methoxy groups -OCH3 is 1. The molecule has 0 fully saturated rings. The van der Waals surface area contributed by atoms with Crippen LogP contribution in [0.4, 0.5) is 0 Å². The number of aliphatic hydroxyl groups is 1. The summed E-state index contributed by atoms with van der Waals surface area (Å²) in [4.78, 5) is 20.4. The number of amides is 1. The molecular weight excluding hydrogens is 420 g/mol. The van der Waals surface area contributed by atoms with Gasteiger partial charge in [-0.2, -0.15) is 0 Å². The molecule has 0 unspecified atom stereocenters. The molecule has 0 aliphatic rings. The van der Waals surface area contributed by atoms with Gasteiger partial charge >= 0.3 is 0 Å². The van der Waals surface area contributed by atoms with Crippen molar-refractivity contribution < 1.29 is 14.6 Å². The summed E-state index contributed by atoms with van der Waals surface area (Å²) in [6, 6.07) is 8.04. The van der Waals surface area contributed by atoms with Crippen molar-refractivity contribution >= 4 is 33.5 Å². The van der Waals surface area contributed by atoms with E-state index >= 15 is 0 Å². The number of aromatic nitrogens is 5. The van der Waals surface area contributed by atoms with Crippen molar-refractivity contribution in [2.24, 2.45) is 7.05 Å². The highest BCUT2D eigenvalue weighted by molar-refractivity contribution is 5.98. The highest BCUT2D eigenvalue weighted by Crippen LogP contribution is 2.35. The molecule has 170 valence electrons. The maximum atomic E-state index is 11.2. The van der Waals surface area contributed by atoms with E-state index in [1.54, 1.807) is 19.5 Å². The van der Waals surface area contributed by atoms with E-state index in [1.165, 1.54) is 6.92 Å². The molecule has 4 aromatic heterocycles. The normalized spacial score (nSPS) is 11.6. The molecule has 0 aliphatic carbocycles. The second-order valence-corrected chi connectivity index (χ2v) is 8.12. The Morgan fingerprint density at radius 3 is 2.76 bits per heavy atom. The number of imidazole rings is 1. The Labute approximate surface area is 190 Å². The zero-order valence-electron chi connectivity index (χ0n) is 18.9. The summed E-state index contributed by atoms with van der Waals surface area (Å²) in [6.07, 6.45) is 7.12. The summed E-state index contributed by atoms with van der Waals surface area (Å²) >= 11 is 0. The number of fused-ring (bicyclic) bond motifs is 4. The summed E-state index contributed by atoms with van der Waals surface area (Å²) in [5.74, 6) is 1.63. The van der Waals surface area contributed by atoms with Crippen LogP contribution in [0.25, 0.3) is 38.8 Å². The van der Waals surface area contributed by atoms with Crippen LogP contribution in [-0.4, -0.2) is 48.2 Å². The summed E-state index contributed by atoms with van der Waals surface area (Å²) in [5, 5.41) is 14.2. The van der Waals surface area contributed by atoms with E-state index < -0.39 is 0 Å². The number of ether oxygens (including phenoxy) is 1. The predicted octanol–water partition coefficient (Wildman–Crippen LogP) is 2.87. The van der Waals surface area contributed by atoms with Crippen LogP contribution >= 0.6 is 0 Å². The van der Waals surface area contributed by atoms with Gasteiger partial charge in [-0.3, -0.25) is 9.20 Å². The molecule has 4 heterocycles. The Balaban J connectivity index is 1.67. The fraction of sp³-hybridized carbons (Fsp3) is 0.292. The SMILES string of the molecule is COc1ccc2c(c1)c(-c1cc3c(ncc4cnc(CCCNC(C)=O)n43)n1CO)cn2C. The summed E-state index contributed by atoms with van der Waals surface area (Å²) in [7, 11) is 3.66. The zero-order chi connectivity index (χ0) is 23.1. The minimum Gasteiger partial charge on any atom is -0.497 e. The van der Waals surface area contributed by atoms with Gasteiger partial charge in [0.25, 0.3) is 0 Å². The molecule has 0 radical (unpaired) electrons. The number of nitrogens with zero attached hydrogens (tertiary/aromatic N) is 5. The van der Waals surface area contributed by atoms with Crippen molar-refractivity contribution in [3.63, 3.8) is 0 Å². The fourth-order valence-electron chi connectivity index (χ4n) is 4.48. The monoisotopic (exact) mass is 446 g/mol. The van der Waals surface area contributed by atoms with Gasteiger partial charge in [0, 0.05) is 49.6 Å². The molecular formula is C24H26N6O3. The van der Waals surface area contributed by atoms with Crippen LogP contribution in [0.1, 0.15) is 19.2 Å². The van der Waals surface area contributed by atoms with Crippen LogP contribution in [0.5, 0.6) is 5.75 Å². The van der Waals surface area contributed by atoms with Crippen LogP contribution in [-0.2, 0) is 25.0 Å². The largest absolute Gasteiger partial charge is 0.497 e. The van der Waals surface area contributed by atoms with Crippen LogP contribution in [0.3, 0.4) is 0 Å². The highest BCUT2D eigenvalue weighted by Gasteiger charge is 2.19. The van der Waals surface area contributed by atoms with Gasteiger partial charge in [-0.15, -0.1) is 0 Å². The van der Waals surface area contributed by atoms with E-state index in [9.17, 15) is 9.90 Å². The Bertz CT molecular complexity index is 1490. The van der Waals surface area contributed by atoms with Crippen LogP contribution in [0.2, 0.25) is 0 Å². The lowest BCUT2D eigenvalue weighted by atomic mass is 10.1. The second kappa shape index (κ2) is 8.25. The van der Waals surface area contributed by atoms with E-state index in [0.29, 0.717) is 18.6 Å². The third-order valence-corrected chi connectivity index (χ3v) is 6.04. The van der Waals surface area contributed by atoms with Crippen LogP contribution in [0.15, 0.2) is 42.9 Å². The van der Waals surface area contributed by atoms with Crippen molar-refractivity contribution in [3.05, 3.63) is 48.7 Å². The number of rotatable bonds is 7. The third kappa shape index (κ3) is 3.50. The lowest BCUT2D eigenvalue weighted by molar-refractivity contribution is -0.118. The van der Waals surface area contributed by atoms with Crippen molar-refractivity contribution in [2.75, 3.05) is 13.7 Å². The van der Waals surface area contributed by atoms with E-state index in [2.05, 4.69) is 36.5 Å². The van der Waals surface area contributed by atoms with Gasteiger partial charge in [-0.1, -0.05) is 0 Å². The van der Waals surface area contributed by atoms with Gasteiger partial charge in [0.15, 0.2) is 5.65 Å². The molecule has 0 saturated carbocycles. The first-order valence-electron chi connectivity index (χ1n) is 10.8. The number of nitrogens with one attached hydrogen (secondary N) is 1. The first-order valence-corrected chi connectivity index (χ1v) is 10.8. The molecule has 5 aromatic rings. The molecule has 5 rings (SSSR count). The number of carbonyl (C=O) groups is 1. The Morgan fingerprint density at radius 1 is 1.18 bits per heavy atom. The van der Waals surface area contributed by atoms with Crippen molar-refractivity contribution in [1.82, 2.24) is 28.8 Å². The highest BCUT2D eigenvalue weighted by atomic mass is 16.5. The topological polar surface area (TPSA) is 98.6 Å². The van der Waals surface area contributed by atoms with Gasteiger partial charge in [-0.25, -0.2) is 9.97 Å². The van der Waals surface area contributed by atoms with Crippen molar-refractivity contribution in [2.45, 2.75) is 26.5 Å². The quantitative estimate of drug-likeness (QED) is 0.375. The molecule has 0 bridgehead atoms. The molecule has 0 aliphatic heterocycles. The number of carbonyl (C=O) groups excluding carboxylic acids is 1. The summed E-state index contributed by atoms with van der Waals surface area (Å²) < 4.78 is 11.4. The molecule has 0 spiro atoms. The van der Waals surface area contributed by atoms with Crippen LogP contribution < -0.4 is 10.1 Å². The molecule has 1 aromatic carbocycles. The summed E-state index contributed by atoms with van der Waals surface area (Å²) in [5.41, 5.74) is 5.37. The Morgan fingerprint density at radius 2 is 2.00 bits per heavy atom. The third-order valence-electron chi connectivity index (χ3n) is 6.04. The van der Waals surface area contributed by atoms with Crippen molar-refractivity contribution in [1.29, 1.82) is 0 Å². The lowest BCUT2D eigenvalue weighted by Crippen LogP contribution is -2.21. The molecule has 33 heavy (non-hydrogen) atoms. The van der Waals surface area contributed by atoms with E-state index in [0.717, 1.165) is 51.2 Å². The molecule has 9 heteroatoms.